The molecule has 1 saturated heterocycles. The lowest BCUT2D eigenvalue weighted by atomic mass is 9.97. The third kappa shape index (κ3) is 4.63. The van der Waals surface area contributed by atoms with Crippen LogP contribution in [0.2, 0.25) is 0 Å². The second-order valence-electron chi connectivity index (χ2n) is 6.19. The van der Waals surface area contributed by atoms with Gasteiger partial charge >= 0.3 is 6.03 Å². The Balaban J connectivity index is 1.82. The number of nitrogens with two attached hydrogens (primary N) is 1. The highest BCUT2D eigenvalue weighted by Gasteiger charge is 2.29. The Morgan fingerprint density at radius 3 is 2.83 bits per heavy atom. The maximum absolute atomic E-state index is 12.5. The van der Waals surface area contributed by atoms with Crippen molar-refractivity contribution in [3.8, 4) is 5.75 Å². The standard InChI is InChI=1S/C18H27N3O3/c1-3-14-7-4-5-9-16(14)24-12-11-20(2)17(22)15-8-6-10-21(13-15)18(19)23/h4-5,7,9,15H,3,6,8,10-13H2,1-2H3,(H2,19,23)/t15-/m0/s1. The Morgan fingerprint density at radius 2 is 2.12 bits per heavy atom. The van der Waals surface area contributed by atoms with Crippen molar-refractivity contribution in [2.24, 2.45) is 11.7 Å². The minimum Gasteiger partial charge on any atom is -0.491 e. The largest absolute Gasteiger partial charge is 0.491 e. The summed E-state index contributed by atoms with van der Waals surface area (Å²) in [5, 5.41) is 0. The molecule has 1 atom stereocenters. The normalized spacial score (nSPS) is 17.4. The zero-order valence-corrected chi connectivity index (χ0v) is 14.5. The third-order valence-electron chi connectivity index (χ3n) is 4.50. The van der Waals surface area contributed by atoms with Crippen molar-refractivity contribution >= 4 is 11.9 Å². The van der Waals surface area contributed by atoms with Crippen LogP contribution in [0.1, 0.15) is 25.3 Å². The molecule has 3 amide bonds. The van der Waals surface area contributed by atoms with Gasteiger partial charge in [-0.3, -0.25) is 4.79 Å². The number of likely N-dealkylation sites (tertiary alicyclic amines) is 1. The summed E-state index contributed by atoms with van der Waals surface area (Å²) in [6, 6.07) is 7.49. The fraction of sp³-hybridized carbons (Fsp3) is 0.556. The fourth-order valence-electron chi connectivity index (χ4n) is 3.03. The summed E-state index contributed by atoms with van der Waals surface area (Å²) in [5.74, 6) is 0.755. The molecule has 1 aliphatic heterocycles. The van der Waals surface area contributed by atoms with E-state index in [-0.39, 0.29) is 11.8 Å². The highest BCUT2D eigenvalue weighted by molar-refractivity contribution is 5.80. The molecule has 0 radical (unpaired) electrons. The van der Waals surface area contributed by atoms with Crippen molar-refractivity contribution in [2.75, 3.05) is 33.3 Å². The van der Waals surface area contributed by atoms with Gasteiger partial charge in [0.25, 0.3) is 0 Å². The first-order chi connectivity index (χ1) is 11.5. The number of rotatable bonds is 6. The maximum Gasteiger partial charge on any atom is 0.314 e. The maximum atomic E-state index is 12.5. The number of carbonyl (C=O) groups excluding carboxylic acids is 2. The first-order valence-electron chi connectivity index (χ1n) is 8.53. The van der Waals surface area contributed by atoms with Crippen LogP contribution in [-0.4, -0.2) is 55.0 Å². The minimum atomic E-state index is -0.449. The van der Waals surface area contributed by atoms with Gasteiger partial charge in [-0.25, -0.2) is 4.79 Å². The number of nitrogens with zero attached hydrogens (tertiary/aromatic N) is 2. The SMILES string of the molecule is CCc1ccccc1OCCN(C)C(=O)[C@H]1CCCN(C(N)=O)C1. The molecule has 2 N–H and O–H groups in total. The van der Waals surface area contributed by atoms with E-state index in [9.17, 15) is 9.59 Å². The molecule has 1 aromatic carbocycles. The van der Waals surface area contributed by atoms with Crippen molar-refractivity contribution in [3.63, 3.8) is 0 Å². The molecule has 0 bridgehead atoms. The average Bonchev–Trinajstić information content (AvgIpc) is 2.61. The number of likely N-dealkylation sites (N-methyl/N-ethyl adjacent to an activating group) is 1. The lowest BCUT2D eigenvalue weighted by Gasteiger charge is -2.32. The van der Waals surface area contributed by atoms with Crippen LogP contribution >= 0.6 is 0 Å². The number of urea groups is 1. The van der Waals surface area contributed by atoms with E-state index < -0.39 is 6.03 Å². The Labute approximate surface area is 143 Å². The van der Waals surface area contributed by atoms with Gasteiger partial charge in [0.1, 0.15) is 12.4 Å². The zero-order valence-electron chi connectivity index (χ0n) is 14.5. The Morgan fingerprint density at radius 1 is 1.38 bits per heavy atom. The molecule has 0 spiro atoms. The van der Waals surface area contributed by atoms with Gasteiger partial charge < -0.3 is 20.3 Å². The van der Waals surface area contributed by atoms with Crippen LogP contribution in [0.25, 0.3) is 0 Å². The number of hydrogen-bond donors (Lipinski definition) is 1. The van der Waals surface area contributed by atoms with Crippen LogP contribution in [0.15, 0.2) is 24.3 Å². The molecule has 1 heterocycles. The van der Waals surface area contributed by atoms with Crippen molar-refractivity contribution in [1.82, 2.24) is 9.80 Å². The van der Waals surface area contributed by atoms with Crippen LogP contribution < -0.4 is 10.5 Å². The molecule has 6 heteroatoms. The Bertz CT molecular complexity index is 576. The number of benzene rings is 1. The van der Waals surface area contributed by atoms with Gasteiger partial charge in [0, 0.05) is 20.1 Å². The summed E-state index contributed by atoms with van der Waals surface area (Å²) in [7, 11) is 1.78. The smallest absolute Gasteiger partial charge is 0.314 e. The molecule has 6 nitrogen and oxygen atoms in total. The van der Waals surface area contributed by atoms with Crippen molar-refractivity contribution in [3.05, 3.63) is 29.8 Å². The summed E-state index contributed by atoms with van der Waals surface area (Å²) >= 11 is 0. The minimum absolute atomic E-state index is 0.0494. The molecule has 1 fully saturated rings. The predicted octanol–water partition coefficient (Wildman–Crippen LogP) is 1.88. The zero-order chi connectivity index (χ0) is 17.5. The van der Waals surface area contributed by atoms with E-state index in [0.717, 1.165) is 30.6 Å². The topological polar surface area (TPSA) is 75.9 Å². The average molecular weight is 333 g/mol. The van der Waals surface area contributed by atoms with Gasteiger partial charge in [-0.05, 0) is 30.9 Å². The predicted molar refractivity (Wildman–Crippen MR) is 92.8 cm³/mol. The van der Waals surface area contributed by atoms with E-state index in [0.29, 0.717) is 26.2 Å². The van der Waals surface area contributed by atoms with E-state index in [2.05, 4.69) is 6.92 Å². The molecule has 24 heavy (non-hydrogen) atoms. The number of primary amides is 1. The van der Waals surface area contributed by atoms with E-state index in [4.69, 9.17) is 10.5 Å². The number of amides is 3. The van der Waals surface area contributed by atoms with Gasteiger partial charge in [0.2, 0.25) is 5.91 Å². The van der Waals surface area contributed by atoms with Gasteiger partial charge in [-0.1, -0.05) is 25.1 Å². The molecule has 0 aromatic heterocycles. The summed E-state index contributed by atoms with van der Waals surface area (Å²) in [5.41, 5.74) is 6.48. The van der Waals surface area contributed by atoms with Crippen molar-refractivity contribution in [1.29, 1.82) is 0 Å². The molecule has 0 unspecified atom stereocenters. The number of hydrogen-bond acceptors (Lipinski definition) is 3. The van der Waals surface area contributed by atoms with Crippen LogP contribution in [-0.2, 0) is 11.2 Å². The van der Waals surface area contributed by atoms with Gasteiger partial charge in [0.15, 0.2) is 0 Å². The first kappa shape index (κ1) is 18.1. The number of piperidine rings is 1. The highest BCUT2D eigenvalue weighted by atomic mass is 16.5. The Kier molecular flexibility index (Phi) is 6.46. The second-order valence-corrected chi connectivity index (χ2v) is 6.19. The first-order valence-corrected chi connectivity index (χ1v) is 8.53. The summed E-state index contributed by atoms with van der Waals surface area (Å²) in [6.45, 7) is 4.11. The molecular formula is C18H27N3O3. The van der Waals surface area contributed by atoms with Crippen LogP contribution in [0.3, 0.4) is 0 Å². The van der Waals surface area contributed by atoms with E-state index in [1.165, 1.54) is 0 Å². The lowest BCUT2D eigenvalue weighted by Crippen LogP contribution is -2.48. The second kappa shape index (κ2) is 8.57. The monoisotopic (exact) mass is 333 g/mol. The van der Waals surface area contributed by atoms with Gasteiger partial charge in [-0.15, -0.1) is 0 Å². The van der Waals surface area contributed by atoms with Gasteiger partial charge in [-0.2, -0.15) is 0 Å². The van der Waals surface area contributed by atoms with Gasteiger partial charge in [0.05, 0.1) is 12.5 Å². The summed E-state index contributed by atoms with van der Waals surface area (Å²) in [4.78, 5) is 27.0. The van der Waals surface area contributed by atoms with Crippen LogP contribution in [0.5, 0.6) is 5.75 Å². The molecule has 1 aromatic rings. The number of ether oxygens (including phenoxy) is 1. The summed E-state index contributed by atoms with van der Waals surface area (Å²) < 4.78 is 5.82. The number of carbonyl (C=O) groups is 2. The molecule has 0 aliphatic carbocycles. The fourth-order valence-corrected chi connectivity index (χ4v) is 3.03. The van der Waals surface area contributed by atoms with Crippen molar-refractivity contribution < 1.29 is 14.3 Å². The highest BCUT2D eigenvalue weighted by Crippen LogP contribution is 2.20. The van der Waals surface area contributed by atoms with E-state index in [1.54, 1.807) is 16.8 Å². The summed E-state index contributed by atoms with van der Waals surface area (Å²) in [6.07, 6.45) is 2.52. The number of aryl methyl sites for hydroxylation is 1. The number of para-hydroxylation sites is 1. The molecular weight excluding hydrogens is 306 g/mol. The Hall–Kier alpha value is -2.24. The van der Waals surface area contributed by atoms with Crippen molar-refractivity contribution in [2.45, 2.75) is 26.2 Å². The van der Waals surface area contributed by atoms with Crippen LogP contribution in [0, 0.1) is 5.92 Å². The molecule has 2 rings (SSSR count). The third-order valence-corrected chi connectivity index (χ3v) is 4.50. The quantitative estimate of drug-likeness (QED) is 0.863. The lowest BCUT2D eigenvalue weighted by molar-refractivity contribution is -0.135. The van der Waals surface area contributed by atoms with E-state index in [1.807, 2.05) is 24.3 Å². The molecule has 1 aliphatic rings. The molecule has 0 saturated carbocycles. The van der Waals surface area contributed by atoms with E-state index >= 15 is 0 Å². The van der Waals surface area contributed by atoms with Crippen LogP contribution in [0.4, 0.5) is 4.79 Å². The molecule has 132 valence electrons.